The van der Waals surface area contributed by atoms with Gasteiger partial charge >= 0.3 is 0 Å². The standard InChI is InChI=1S/C14H17N3O3/c18-13-8-11(16-12-3-5-15-17(12)13)10-2-1-4-14(9-10)19-6-7-20-14/h3,5,8,10,15H,1-2,4,6-7,9H2. The van der Waals surface area contributed by atoms with Crippen LogP contribution in [0, 0.1) is 0 Å². The predicted molar refractivity (Wildman–Crippen MR) is 71.7 cm³/mol. The number of H-pyrrole nitrogens is 1. The number of fused-ring (bicyclic) bond motifs is 1. The molecule has 1 aliphatic carbocycles. The van der Waals surface area contributed by atoms with Gasteiger partial charge in [-0.15, -0.1) is 0 Å². The van der Waals surface area contributed by atoms with E-state index in [1.807, 2.05) is 6.07 Å². The molecule has 1 saturated heterocycles. The van der Waals surface area contributed by atoms with Crippen molar-refractivity contribution in [2.24, 2.45) is 0 Å². The summed E-state index contributed by atoms with van der Waals surface area (Å²) in [6.07, 6.45) is 5.52. The number of nitrogens with zero attached hydrogens (tertiary/aromatic N) is 2. The maximum absolute atomic E-state index is 12.0. The van der Waals surface area contributed by atoms with Crippen molar-refractivity contribution in [3.05, 3.63) is 34.4 Å². The highest BCUT2D eigenvalue weighted by Crippen LogP contribution is 2.42. The Kier molecular flexibility index (Phi) is 2.68. The van der Waals surface area contributed by atoms with Gasteiger partial charge in [0.2, 0.25) is 0 Å². The van der Waals surface area contributed by atoms with Gasteiger partial charge < -0.3 is 9.47 Å². The molecule has 1 aliphatic heterocycles. The summed E-state index contributed by atoms with van der Waals surface area (Å²) in [6, 6.07) is 3.44. The largest absolute Gasteiger partial charge is 0.348 e. The fourth-order valence-corrected chi connectivity index (χ4v) is 3.36. The van der Waals surface area contributed by atoms with Gasteiger partial charge in [0, 0.05) is 37.1 Å². The van der Waals surface area contributed by atoms with Crippen molar-refractivity contribution in [2.45, 2.75) is 37.4 Å². The third kappa shape index (κ3) is 1.87. The molecule has 0 bridgehead atoms. The Bertz CT molecular complexity index is 684. The van der Waals surface area contributed by atoms with Crippen LogP contribution < -0.4 is 5.56 Å². The monoisotopic (exact) mass is 275 g/mol. The van der Waals surface area contributed by atoms with Crippen LogP contribution in [0.15, 0.2) is 23.1 Å². The number of aromatic amines is 1. The highest BCUT2D eigenvalue weighted by molar-refractivity contribution is 5.37. The average Bonchev–Trinajstić information content (AvgIpc) is 3.08. The van der Waals surface area contributed by atoms with Crippen LogP contribution in [0.5, 0.6) is 0 Å². The molecule has 0 radical (unpaired) electrons. The van der Waals surface area contributed by atoms with E-state index in [0.717, 1.165) is 31.4 Å². The molecular weight excluding hydrogens is 258 g/mol. The van der Waals surface area contributed by atoms with E-state index in [9.17, 15) is 4.79 Å². The Morgan fingerprint density at radius 3 is 3.10 bits per heavy atom. The Hall–Kier alpha value is -1.66. The number of aromatic nitrogens is 3. The van der Waals surface area contributed by atoms with Crippen LogP contribution in [-0.2, 0) is 9.47 Å². The van der Waals surface area contributed by atoms with E-state index in [1.54, 1.807) is 12.3 Å². The van der Waals surface area contributed by atoms with Gasteiger partial charge in [0.15, 0.2) is 11.4 Å². The van der Waals surface area contributed by atoms with Gasteiger partial charge in [-0.1, -0.05) is 0 Å². The Morgan fingerprint density at radius 2 is 2.25 bits per heavy atom. The van der Waals surface area contributed by atoms with Crippen molar-refractivity contribution in [1.29, 1.82) is 0 Å². The van der Waals surface area contributed by atoms with Gasteiger partial charge in [-0.05, 0) is 12.8 Å². The van der Waals surface area contributed by atoms with Crippen molar-refractivity contribution >= 4 is 5.65 Å². The van der Waals surface area contributed by atoms with Crippen LogP contribution in [0.3, 0.4) is 0 Å². The van der Waals surface area contributed by atoms with Crippen LogP contribution in [0.2, 0.25) is 0 Å². The summed E-state index contributed by atoms with van der Waals surface area (Å²) in [5.74, 6) is -0.206. The zero-order valence-electron chi connectivity index (χ0n) is 11.2. The van der Waals surface area contributed by atoms with Crippen LogP contribution in [-0.4, -0.2) is 33.6 Å². The summed E-state index contributed by atoms with van der Waals surface area (Å²) >= 11 is 0. The molecule has 1 atom stereocenters. The maximum atomic E-state index is 12.0. The van der Waals surface area contributed by atoms with Crippen molar-refractivity contribution in [1.82, 2.24) is 14.6 Å². The maximum Gasteiger partial charge on any atom is 0.272 e. The second-order valence-corrected chi connectivity index (χ2v) is 5.58. The normalized spacial score (nSPS) is 25.5. The van der Waals surface area contributed by atoms with Crippen LogP contribution in [0.1, 0.15) is 37.3 Å². The van der Waals surface area contributed by atoms with Crippen LogP contribution in [0.4, 0.5) is 0 Å². The van der Waals surface area contributed by atoms with Gasteiger partial charge in [-0.3, -0.25) is 9.89 Å². The summed E-state index contributed by atoms with van der Waals surface area (Å²) in [5.41, 5.74) is 1.45. The van der Waals surface area contributed by atoms with E-state index >= 15 is 0 Å². The molecule has 6 nitrogen and oxygen atoms in total. The smallest absolute Gasteiger partial charge is 0.272 e. The lowest BCUT2D eigenvalue weighted by Crippen LogP contribution is -2.36. The molecular formula is C14H17N3O3. The fourth-order valence-electron chi connectivity index (χ4n) is 3.36. The quantitative estimate of drug-likeness (QED) is 0.854. The molecule has 6 heteroatoms. The Balaban J connectivity index is 1.69. The van der Waals surface area contributed by atoms with Crippen molar-refractivity contribution in [3.63, 3.8) is 0 Å². The third-order valence-corrected chi connectivity index (χ3v) is 4.30. The highest BCUT2D eigenvalue weighted by atomic mass is 16.7. The Morgan fingerprint density at radius 1 is 1.40 bits per heavy atom. The number of hydrogen-bond donors (Lipinski definition) is 1. The van der Waals surface area contributed by atoms with E-state index in [2.05, 4.69) is 10.1 Å². The summed E-state index contributed by atoms with van der Waals surface area (Å²) in [4.78, 5) is 16.6. The van der Waals surface area contributed by atoms with E-state index in [4.69, 9.17) is 9.47 Å². The predicted octanol–water partition coefficient (Wildman–Crippen LogP) is 1.42. The molecule has 106 valence electrons. The molecule has 1 spiro atoms. The summed E-state index contributed by atoms with van der Waals surface area (Å²) in [5, 5.41) is 2.86. The molecule has 0 amide bonds. The van der Waals surface area contributed by atoms with Crippen molar-refractivity contribution in [3.8, 4) is 0 Å². The first-order valence-corrected chi connectivity index (χ1v) is 7.11. The molecule has 2 aromatic heterocycles. The van der Waals surface area contributed by atoms with Crippen LogP contribution >= 0.6 is 0 Å². The number of nitrogens with one attached hydrogen (secondary N) is 1. The van der Waals surface area contributed by atoms with E-state index in [0.29, 0.717) is 18.9 Å². The van der Waals surface area contributed by atoms with Gasteiger partial charge in [0.1, 0.15) is 0 Å². The number of ether oxygens (including phenoxy) is 2. The zero-order valence-corrected chi connectivity index (χ0v) is 11.2. The Labute approximate surface area is 115 Å². The molecule has 1 N–H and O–H groups in total. The molecule has 4 rings (SSSR count). The lowest BCUT2D eigenvalue weighted by molar-refractivity contribution is -0.180. The molecule has 1 saturated carbocycles. The number of hydrogen-bond acceptors (Lipinski definition) is 4. The summed E-state index contributed by atoms with van der Waals surface area (Å²) in [7, 11) is 0. The van der Waals surface area contributed by atoms with E-state index in [1.165, 1.54) is 4.52 Å². The van der Waals surface area contributed by atoms with Gasteiger partial charge in [-0.25, -0.2) is 9.50 Å². The fraction of sp³-hybridized carbons (Fsp3) is 0.571. The first kappa shape index (κ1) is 12.1. The molecule has 0 aromatic carbocycles. The molecule has 2 aliphatic rings. The summed E-state index contributed by atoms with van der Waals surface area (Å²) < 4.78 is 13.0. The SMILES string of the molecule is O=c1cc(C2CCCC3(C2)OCCO3)nc2cc[nH]n12. The molecule has 20 heavy (non-hydrogen) atoms. The van der Waals surface area contributed by atoms with Gasteiger partial charge in [0.25, 0.3) is 5.56 Å². The minimum Gasteiger partial charge on any atom is -0.348 e. The number of rotatable bonds is 1. The molecule has 2 aromatic rings. The molecule has 2 fully saturated rings. The first-order valence-electron chi connectivity index (χ1n) is 7.11. The van der Waals surface area contributed by atoms with Gasteiger partial charge in [-0.2, -0.15) is 0 Å². The lowest BCUT2D eigenvalue weighted by Gasteiger charge is -2.35. The van der Waals surface area contributed by atoms with Crippen molar-refractivity contribution in [2.75, 3.05) is 13.2 Å². The highest BCUT2D eigenvalue weighted by Gasteiger charge is 2.42. The minimum absolute atomic E-state index is 0.0668. The topological polar surface area (TPSA) is 68.6 Å². The molecule has 1 unspecified atom stereocenters. The van der Waals surface area contributed by atoms with Crippen molar-refractivity contribution < 1.29 is 9.47 Å². The zero-order chi connectivity index (χ0) is 13.6. The first-order chi connectivity index (χ1) is 9.76. The minimum atomic E-state index is -0.437. The second-order valence-electron chi connectivity index (χ2n) is 5.58. The van der Waals surface area contributed by atoms with E-state index < -0.39 is 5.79 Å². The van der Waals surface area contributed by atoms with E-state index in [-0.39, 0.29) is 11.5 Å². The molecule has 3 heterocycles. The summed E-state index contributed by atoms with van der Waals surface area (Å²) in [6.45, 7) is 1.33. The second kappa shape index (κ2) is 4.43. The van der Waals surface area contributed by atoms with Gasteiger partial charge in [0.05, 0.1) is 18.9 Å². The third-order valence-electron chi connectivity index (χ3n) is 4.30. The lowest BCUT2D eigenvalue weighted by atomic mass is 9.82. The average molecular weight is 275 g/mol. The van der Waals surface area contributed by atoms with Crippen LogP contribution in [0.25, 0.3) is 5.65 Å².